The molecule has 0 radical (unpaired) electrons. The van der Waals surface area contributed by atoms with E-state index in [0.29, 0.717) is 37.0 Å². The number of benzene rings is 1. The van der Waals surface area contributed by atoms with Crippen molar-refractivity contribution in [2.24, 2.45) is 5.92 Å². The Bertz CT molecular complexity index is 633. The number of hydrogen-bond acceptors (Lipinski definition) is 2. The number of carbonyl (C=O) groups excluding carboxylic acids is 1. The van der Waals surface area contributed by atoms with Gasteiger partial charge in [0.15, 0.2) is 0 Å². The quantitative estimate of drug-likeness (QED) is 0.522. The minimum absolute atomic E-state index is 0.0182. The first-order chi connectivity index (χ1) is 11.4. The second kappa shape index (κ2) is 7.73. The summed E-state index contributed by atoms with van der Waals surface area (Å²) >= 11 is 19.3. The lowest BCUT2D eigenvalue weighted by molar-refractivity contribution is -0.133. The van der Waals surface area contributed by atoms with Crippen LogP contribution in [0.2, 0.25) is 10.0 Å². The highest BCUT2D eigenvalue weighted by Gasteiger charge is 2.37. The zero-order chi connectivity index (χ0) is 17.4. The van der Waals surface area contributed by atoms with Gasteiger partial charge in [0.2, 0.25) is 5.91 Å². The fourth-order valence-corrected chi connectivity index (χ4v) is 5.51. The number of rotatable bonds is 3. The van der Waals surface area contributed by atoms with Crippen LogP contribution in [0.5, 0.6) is 5.75 Å². The van der Waals surface area contributed by atoms with Gasteiger partial charge >= 0.3 is 0 Å². The molecule has 3 rings (SSSR count). The van der Waals surface area contributed by atoms with E-state index in [1.807, 2.05) is 0 Å². The molecule has 1 aliphatic heterocycles. The number of phenolic OH excluding ortho intramolecular Hbond substituents is 1. The third kappa shape index (κ3) is 3.46. The van der Waals surface area contributed by atoms with E-state index >= 15 is 0 Å². The molecule has 3 nitrogen and oxygen atoms in total. The van der Waals surface area contributed by atoms with Crippen molar-refractivity contribution in [3.8, 4) is 5.75 Å². The molecular formula is C17H19Br2Cl2NO2. The second-order valence-corrected chi connectivity index (χ2v) is 8.94. The summed E-state index contributed by atoms with van der Waals surface area (Å²) in [5, 5.41) is 10.7. The number of hydrogen-bond donors (Lipinski definition) is 1. The van der Waals surface area contributed by atoms with Crippen molar-refractivity contribution in [2.45, 2.75) is 51.0 Å². The summed E-state index contributed by atoms with van der Waals surface area (Å²) in [6.07, 6.45) is 7.29. The molecule has 1 amide bonds. The highest BCUT2D eigenvalue weighted by molar-refractivity contribution is 9.11. The minimum atomic E-state index is -0.0923. The van der Waals surface area contributed by atoms with Gasteiger partial charge in [0.1, 0.15) is 5.75 Å². The fraction of sp³-hybridized carbons (Fsp3) is 0.588. The van der Waals surface area contributed by atoms with E-state index in [-0.39, 0.29) is 17.6 Å². The molecule has 2 fully saturated rings. The number of amides is 1. The lowest BCUT2D eigenvalue weighted by Crippen LogP contribution is -2.39. The van der Waals surface area contributed by atoms with Crippen molar-refractivity contribution in [3.63, 3.8) is 0 Å². The summed E-state index contributed by atoms with van der Waals surface area (Å²) in [5.74, 6) is 0.106. The molecule has 1 atom stereocenters. The molecule has 1 heterocycles. The highest BCUT2D eigenvalue weighted by Crippen LogP contribution is 2.46. The van der Waals surface area contributed by atoms with Crippen LogP contribution in [0.3, 0.4) is 0 Å². The maximum Gasteiger partial charge on any atom is 0.226 e. The monoisotopic (exact) mass is 497 g/mol. The maximum atomic E-state index is 12.8. The molecule has 1 unspecified atom stereocenters. The smallest absolute Gasteiger partial charge is 0.226 e. The van der Waals surface area contributed by atoms with Crippen LogP contribution in [0.4, 0.5) is 0 Å². The van der Waals surface area contributed by atoms with Gasteiger partial charge in [0, 0.05) is 18.5 Å². The predicted octanol–water partition coefficient (Wildman–Crippen LogP) is 5.95. The predicted molar refractivity (Wildman–Crippen MR) is 104 cm³/mol. The zero-order valence-corrected chi connectivity index (χ0v) is 17.8. The average molecular weight is 500 g/mol. The fourth-order valence-electron chi connectivity index (χ4n) is 3.80. The lowest BCUT2D eigenvalue weighted by Gasteiger charge is -2.31. The molecule has 1 aromatic rings. The first kappa shape index (κ1) is 18.8. The number of nitrogens with zero attached hydrogens (tertiary/aromatic N) is 1. The maximum absolute atomic E-state index is 12.8. The normalized spacial score (nSPS) is 22.4. The summed E-state index contributed by atoms with van der Waals surface area (Å²) in [4.78, 5) is 14.9. The molecule has 1 saturated carbocycles. The summed E-state index contributed by atoms with van der Waals surface area (Å²) in [5.41, 5.74) is 0.707. The SMILES string of the molecule is O=C1C(Cc2c(Cl)c(Br)c(O)c(Br)c2Cl)CCN1C1CCCCC1. The van der Waals surface area contributed by atoms with Crippen molar-refractivity contribution in [1.82, 2.24) is 4.90 Å². The van der Waals surface area contributed by atoms with Crippen molar-refractivity contribution < 1.29 is 9.90 Å². The van der Waals surface area contributed by atoms with Crippen molar-refractivity contribution in [1.29, 1.82) is 0 Å². The van der Waals surface area contributed by atoms with Gasteiger partial charge in [-0.15, -0.1) is 0 Å². The third-order valence-electron chi connectivity index (χ3n) is 5.15. The molecule has 1 aliphatic carbocycles. The Balaban J connectivity index is 1.79. The molecule has 1 N–H and O–H groups in total. The van der Waals surface area contributed by atoms with E-state index in [1.54, 1.807) is 0 Å². The number of phenols is 1. The van der Waals surface area contributed by atoms with Crippen LogP contribution in [-0.2, 0) is 11.2 Å². The Morgan fingerprint density at radius 2 is 1.62 bits per heavy atom. The van der Waals surface area contributed by atoms with Gasteiger partial charge in [0.25, 0.3) is 0 Å². The summed E-state index contributed by atoms with van der Waals surface area (Å²) < 4.78 is 0.815. The summed E-state index contributed by atoms with van der Waals surface area (Å²) in [6, 6.07) is 0.403. The lowest BCUT2D eigenvalue weighted by atomic mass is 9.94. The Kier molecular flexibility index (Phi) is 6.06. The van der Waals surface area contributed by atoms with Gasteiger partial charge in [-0.3, -0.25) is 4.79 Å². The first-order valence-electron chi connectivity index (χ1n) is 8.26. The average Bonchev–Trinajstić information content (AvgIpc) is 2.96. The van der Waals surface area contributed by atoms with E-state index in [2.05, 4.69) is 36.8 Å². The van der Waals surface area contributed by atoms with Crippen LogP contribution in [-0.4, -0.2) is 28.5 Å². The molecule has 7 heteroatoms. The van der Waals surface area contributed by atoms with Crippen LogP contribution >= 0.6 is 55.1 Å². The number of carbonyl (C=O) groups is 1. The summed E-state index contributed by atoms with van der Waals surface area (Å²) in [7, 11) is 0. The van der Waals surface area contributed by atoms with Crippen LogP contribution < -0.4 is 0 Å². The molecule has 1 saturated heterocycles. The standard InChI is InChI=1S/C17H19Br2Cl2NO2/c18-12-14(20)11(15(21)13(19)16(12)23)8-9-6-7-22(17(9)24)10-4-2-1-3-5-10/h9-10,23H,1-8H2. The molecule has 2 aliphatic rings. The third-order valence-corrected chi connectivity index (χ3v) is 7.98. The molecule has 0 spiro atoms. The molecule has 0 aromatic heterocycles. The topological polar surface area (TPSA) is 40.5 Å². The number of likely N-dealkylation sites (tertiary alicyclic amines) is 1. The van der Waals surface area contributed by atoms with Gasteiger partial charge in [-0.05, 0) is 63.1 Å². The van der Waals surface area contributed by atoms with Crippen molar-refractivity contribution >= 4 is 61.0 Å². The van der Waals surface area contributed by atoms with Crippen LogP contribution in [0.25, 0.3) is 0 Å². The van der Waals surface area contributed by atoms with Gasteiger partial charge in [-0.2, -0.15) is 0 Å². The number of aromatic hydroxyl groups is 1. The molecule has 0 bridgehead atoms. The Morgan fingerprint density at radius 1 is 1.04 bits per heavy atom. The second-order valence-electron chi connectivity index (χ2n) is 6.60. The molecule has 1 aromatic carbocycles. The van der Waals surface area contributed by atoms with E-state index in [0.717, 1.165) is 25.8 Å². The summed E-state index contributed by atoms with van der Waals surface area (Å²) in [6.45, 7) is 0.823. The number of halogens is 4. The van der Waals surface area contributed by atoms with Crippen molar-refractivity contribution in [3.05, 3.63) is 24.6 Å². The van der Waals surface area contributed by atoms with E-state index < -0.39 is 0 Å². The Hall–Kier alpha value is 0.0300. The Labute approximate surface area is 168 Å². The van der Waals surface area contributed by atoms with E-state index in [1.165, 1.54) is 19.3 Å². The van der Waals surface area contributed by atoms with E-state index in [9.17, 15) is 9.90 Å². The van der Waals surface area contributed by atoms with Gasteiger partial charge in [-0.25, -0.2) is 0 Å². The first-order valence-corrected chi connectivity index (χ1v) is 10.6. The van der Waals surface area contributed by atoms with Gasteiger partial charge in [0.05, 0.1) is 19.0 Å². The van der Waals surface area contributed by atoms with E-state index in [4.69, 9.17) is 23.2 Å². The van der Waals surface area contributed by atoms with Gasteiger partial charge in [-0.1, -0.05) is 42.5 Å². The zero-order valence-electron chi connectivity index (χ0n) is 13.1. The largest absolute Gasteiger partial charge is 0.505 e. The van der Waals surface area contributed by atoms with Crippen LogP contribution in [0, 0.1) is 5.92 Å². The van der Waals surface area contributed by atoms with Gasteiger partial charge < -0.3 is 10.0 Å². The van der Waals surface area contributed by atoms with Crippen LogP contribution in [0.1, 0.15) is 44.1 Å². The Morgan fingerprint density at radius 3 is 2.21 bits per heavy atom. The molecule has 24 heavy (non-hydrogen) atoms. The van der Waals surface area contributed by atoms with Crippen LogP contribution in [0.15, 0.2) is 8.95 Å². The molecule has 132 valence electrons. The molecular weight excluding hydrogens is 481 g/mol. The highest BCUT2D eigenvalue weighted by atomic mass is 79.9. The minimum Gasteiger partial charge on any atom is -0.505 e. The van der Waals surface area contributed by atoms with Crippen molar-refractivity contribution in [2.75, 3.05) is 6.54 Å².